The molecule has 4 aromatic rings. The maximum absolute atomic E-state index is 12.7. The minimum atomic E-state index is -4.76. The first kappa shape index (κ1) is 25.9. The molecule has 1 saturated heterocycles. The topological polar surface area (TPSA) is 106 Å². The first-order valence-corrected chi connectivity index (χ1v) is 11.9. The molecule has 1 unspecified atom stereocenters. The lowest BCUT2D eigenvalue weighted by Crippen LogP contribution is -2.51. The van der Waals surface area contributed by atoms with Gasteiger partial charge in [0.2, 0.25) is 0 Å². The van der Waals surface area contributed by atoms with Crippen LogP contribution in [-0.2, 0) is 0 Å². The second-order valence-electron chi connectivity index (χ2n) is 8.45. The van der Waals surface area contributed by atoms with Gasteiger partial charge in [-0.1, -0.05) is 12.1 Å². The predicted octanol–water partition coefficient (Wildman–Crippen LogP) is 4.36. The van der Waals surface area contributed by atoms with Crippen LogP contribution in [-0.4, -0.2) is 53.6 Å². The summed E-state index contributed by atoms with van der Waals surface area (Å²) in [5, 5.41) is 13.4. The monoisotopic (exact) mass is 539 g/mol. The van der Waals surface area contributed by atoms with Crippen molar-refractivity contribution in [2.75, 3.05) is 30.4 Å². The number of hydrogen-bond acceptors (Lipinski definition) is 7. The largest absolute Gasteiger partial charge is 0.573 e. The van der Waals surface area contributed by atoms with Gasteiger partial charge in [0.1, 0.15) is 17.8 Å². The molecular formula is C26H24F3N7O3. The predicted molar refractivity (Wildman–Crippen MR) is 138 cm³/mol. The number of halogens is 3. The van der Waals surface area contributed by atoms with Gasteiger partial charge in [0.25, 0.3) is 0 Å². The van der Waals surface area contributed by atoms with Crippen LogP contribution in [0.15, 0.2) is 79.1 Å². The number of alkyl halides is 3. The Hall–Kier alpha value is -4.78. The van der Waals surface area contributed by atoms with Crippen molar-refractivity contribution in [3.8, 4) is 28.6 Å². The molecule has 2 heterocycles. The van der Waals surface area contributed by atoms with Gasteiger partial charge in [-0.3, -0.25) is 5.32 Å². The molecule has 0 aliphatic carbocycles. The molecule has 1 aliphatic rings. The fourth-order valence-electron chi connectivity index (χ4n) is 4.13. The Labute approximate surface area is 221 Å². The van der Waals surface area contributed by atoms with Crippen LogP contribution in [0.4, 0.5) is 29.3 Å². The van der Waals surface area contributed by atoms with E-state index in [9.17, 15) is 18.0 Å². The fraction of sp³-hybridized carbons (Fsp3) is 0.192. The molecule has 2 amide bonds. The van der Waals surface area contributed by atoms with E-state index in [1.165, 1.54) is 35.3 Å². The van der Waals surface area contributed by atoms with Crippen molar-refractivity contribution >= 4 is 17.4 Å². The number of nitrogens with zero attached hydrogens (tertiary/aromatic N) is 4. The standard InChI is InChI=1S/C26H24F3N7O3/c1-38-22-5-3-2-4-21(22)35-15-14-30-24(35)33-25(37)32-18-8-6-17(7-9-18)23-31-16-36(34-23)19-10-12-20(13-11-19)39-26(27,28)29/h2-13,16,24,30H,14-15H2,1H3,(H2,32,33,37). The molecule has 0 saturated carbocycles. The number of anilines is 2. The van der Waals surface area contributed by atoms with Gasteiger partial charge in [-0.2, -0.15) is 0 Å². The molecule has 10 nitrogen and oxygen atoms in total. The molecular weight excluding hydrogens is 515 g/mol. The van der Waals surface area contributed by atoms with E-state index in [2.05, 4.69) is 30.8 Å². The van der Waals surface area contributed by atoms with Crippen LogP contribution in [0, 0.1) is 0 Å². The number of ether oxygens (including phenoxy) is 2. The van der Waals surface area contributed by atoms with Crippen molar-refractivity contribution in [3.63, 3.8) is 0 Å². The zero-order valence-corrected chi connectivity index (χ0v) is 20.6. The molecule has 5 rings (SSSR count). The highest BCUT2D eigenvalue weighted by Gasteiger charge is 2.31. The number of hydrogen-bond donors (Lipinski definition) is 3. The number of nitrogens with one attached hydrogen (secondary N) is 3. The van der Waals surface area contributed by atoms with E-state index in [1.807, 2.05) is 29.2 Å². The number of carbonyl (C=O) groups is 1. The number of benzene rings is 3. The van der Waals surface area contributed by atoms with E-state index < -0.39 is 12.7 Å². The summed E-state index contributed by atoms with van der Waals surface area (Å²) in [5.74, 6) is 0.798. The lowest BCUT2D eigenvalue weighted by atomic mass is 10.2. The highest BCUT2D eigenvalue weighted by atomic mass is 19.4. The van der Waals surface area contributed by atoms with Crippen LogP contribution in [0.2, 0.25) is 0 Å². The zero-order valence-electron chi connectivity index (χ0n) is 20.6. The molecule has 3 aromatic carbocycles. The molecule has 0 spiro atoms. The minimum absolute atomic E-state index is 0.324. The van der Waals surface area contributed by atoms with Gasteiger partial charge in [0.05, 0.1) is 18.5 Å². The number of methoxy groups -OCH3 is 1. The summed E-state index contributed by atoms with van der Waals surface area (Å²) < 4.78 is 47.9. The number of urea groups is 1. The Kier molecular flexibility index (Phi) is 7.23. The Balaban J connectivity index is 1.20. The zero-order chi connectivity index (χ0) is 27.4. The maximum atomic E-state index is 12.7. The van der Waals surface area contributed by atoms with Crippen LogP contribution < -0.4 is 30.3 Å². The van der Waals surface area contributed by atoms with Crippen molar-refractivity contribution in [2.45, 2.75) is 12.7 Å². The van der Waals surface area contributed by atoms with Gasteiger partial charge in [-0.15, -0.1) is 18.3 Å². The van der Waals surface area contributed by atoms with E-state index in [0.717, 1.165) is 5.69 Å². The molecule has 3 N–H and O–H groups in total. The van der Waals surface area contributed by atoms with Gasteiger partial charge in [-0.05, 0) is 60.7 Å². The average Bonchev–Trinajstić information content (AvgIpc) is 3.59. The molecule has 13 heteroatoms. The van der Waals surface area contributed by atoms with Crippen molar-refractivity contribution in [3.05, 3.63) is 79.1 Å². The molecule has 1 fully saturated rings. The fourth-order valence-corrected chi connectivity index (χ4v) is 4.13. The molecule has 0 bridgehead atoms. The number of aromatic nitrogens is 3. The summed E-state index contributed by atoms with van der Waals surface area (Å²) in [6.07, 6.45) is -3.72. The van der Waals surface area contributed by atoms with Crippen molar-refractivity contribution in [1.29, 1.82) is 0 Å². The van der Waals surface area contributed by atoms with Crippen LogP contribution in [0.5, 0.6) is 11.5 Å². The summed E-state index contributed by atoms with van der Waals surface area (Å²) in [6.45, 7) is 1.40. The first-order chi connectivity index (χ1) is 18.8. The lowest BCUT2D eigenvalue weighted by Gasteiger charge is -2.28. The second-order valence-corrected chi connectivity index (χ2v) is 8.45. The quantitative estimate of drug-likeness (QED) is 0.321. The smallest absolute Gasteiger partial charge is 0.495 e. The second kappa shape index (κ2) is 10.9. The summed E-state index contributed by atoms with van der Waals surface area (Å²) in [5.41, 5.74) is 2.65. The molecule has 1 atom stereocenters. The third kappa shape index (κ3) is 6.21. The molecule has 39 heavy (non-hydrogen) atoms. The summed E-state index contributed by atoms with van der Waals surface area (Å²) >= 11 is 0. The number of amides is 2. The lowest BCUT2D eigenvalue weighted by molar-refractivity contribution is -0.274. The molecule has 1 aromatic heterocycles. The Bertz CT molecular complexity index is 1430. The van der Waals surface area contributed by atoms with Gasteiger partial charge in [0.15, 0.2) is 12.1 Å². The molecule has 1 aliphatic heterocycles. The Morgan fingerprint density at radius 2 is 1.79 bits per heavy atom. The van der Waals surface area contributed by atoms with Crippen LogP contribution >= 0.6 is 0 Å². The summed E-state index contributed by atoms with van der Waals surface area (Å²) in [6, 6.07) is 19.5. The Morgan fingerprint density at radius 1 is 1.05 bits per heavy atom. The van der Waals surface area contributed by atoms with Gasteiger partial charge >= 0.3 is 12.4 Å². The number of carbonyl (C=O) groups excluding carboxylic acids is 1. The third-order valence-corrected chi connectivity index (χ3v) is 5.89. The van der Waals surface area contributed by atoms with Gasteiger partial charge in [0, 0.05) is 24.3 Å². The van der Waals surface area contributed by atoms with Crippen LogP contribution in [0.25, 0.3) is 17.1 Å². The SMILES string of the molecule is COc1ccccc1N1CCNC1NC(=O)Nc1ccc(-c2ncn(-c3ccc(OC(F)(F)F)cc3)n2)cc1. The van der Waals surface area contributed by atoms with Crippen molar-refractivity contribution < 1.29 is 27.4 Å². The van der Waals surface area contributed by atoms with Crippen LogP contribution in [0.3, 0.4) is 0 Å². The van der Waals surface area contributed by atoms with E-state index in [1.54, 1.807) is 31.4 Å². The van der Waals surface area contributed by atoms with E-state index in [-0.39, 0.29) is 11.8 Å². The third-order valence-electron chi connectivity index (χ3n) is 5.89. The maximum Gasteiger partial charge on any atom is 0.573 e. The molecule has 202 valence electrons. The summed E-state index contributed by atoms with van der Waals surface area (Å²) in [4.78, 5) is 19.0. The Morgan fingerprint density at radius 3 is 2.51 bits per heavy atom. The van der Waals surface area contributed by atoms with Crippen molar-refractivity contribution in [1.82, 2.24) is 25.4 Å². The summed E-state index contributed by atoms with van der Waals surface area (Å²) in [7, 11) is 1.61. The highest BCUT2D eigenvalue weighted by Crippen LogP contribution is 2.29. The van der Waals surface area contributed by atoms with Crippen LogP contribution in [0.1, 0.15) is 0 Å². The van der Waals surface area contributed by atoms with E-state index in [4.69, 9.17) is 4.74 Å². The number of rotatable bonds is 7. The van der Waals surface area contributed by atoms with Gasteiger partial charge < -0.3 is 25.0 Å². The molecule has 0 radical (unpaired) electrons. The van der Waals surface area contributed by atoms with E-state index >= 15 is 0 Å². The van der Waals surface area contributed by atoms with Crippen molar-refractivity contribution in [2.24, 2.45) is 0 Å². The highest BCUT2D eigenvalue weighted by molar-refractivity contribution is 5.90. The first-order valence-electron chi connectivity index (χ1n) is 11.9. The number of para-hydroxylation sites is 2. The average molecular weight is 540 g/mol. The normalized spacial score (nSPS) is 15.2. The van der Waals surface area contributed by atoms with E-state index in [0.29, 0.717) is 41.6 Å². The minimum Gasteiger partial charge on any atom is -0.495 e. The van der Waals surface area contributed by atoms with Gasteiger partial charge in [-0.25, -0.2) is 14.5 Å².